The normalized spacial score (nSPS) is 16.4. The number of anilines is 2. The van der Waals surface area contributed by atoms with Gasteiger partial charge in [0.2, 0.25) is 0 Å². The molecule has 1 saturated heterocycles. The molecule has 1 aliphatic heterocycles. The molecule has 1 heterocycles. The molecule has 2 aromatic rings. The van der Waals surface area contributed by atoms with E-state index in [9.17, 15) is 26.7 Å². The summed E-state index contributed by atoms with van der Waals surface area (Å²) in [7, 11) is 0. The molecule has 1 fully saturated rings. The summed E-state index contributed by atoms with van der Waals surface area (Å²) in [6, 6.07) is 6.51. The zero-order chi connectivity index (χ0) is 28.9. The standard InChI is InChI=1S/C27H33AsClF5N4O/c1-16(2)13-20(28)22(35)15-19-18(4-5-21(30)25(19)31)26(39)36-23-6-3-17(29)14-24(23)38-11-9-37(10-12-38)8-7-27(32,33)34/h3-6,14,16,20,22H,7-13,15,35H2,1-2H3,(H,36,39). The van der Waals surface area contributed by atoms with E-state index in [-0.39, 0.29) is 28.8 Å². The monoisotopic (exact) mass is 634 g/mol. The number of rotatable bonds is 10. The molecule has 5 nitrogen and oxygen atoms in total. The van der Waals surface area contributed by atoms with Crippen molar-refractivity contribution in [3.05, 3.63) is 58.1 Å². The maximum atomic E-state index is 14.9. The van der Waals surface area contributed by atoms with Gasteiger partial charge in [-0.25, -0.2) is 0 Å². The van der Waals surface area contributed by atoms with E-state index in [1.807, 2.05) is 18.7 Å². The molecule has 2 radical (unpaired) electrons. The van der Waals surface area contributed by atoms with Crippen molar-refractivity contribution >= 4 is 45.7 Å². The Balaban J connectivity index is 1.79. The first-order valence-corrected chi connectivity index (χ1v) is 14.3. The van der Waals surface area contributed by atoms with Crippen molar-refractivity contribution in [2.24, 2.45) is 11.7 Å². The fraction of sp³-hybridized carbons (Fsp3) is 0.519. The van der Waals surface area contributed by atoms with Crippen LogP contribution in [0.2, 0.25) is 9.73 Å². The third kappa shape index (κ3) is 9.07. The van der Waals surface area contributed by atoms with Crippen LogP contribution in [0.15, 0.2) is 30.3 Å². The molecule has 0 aliphatic carbocycles. The van der Waals surface area contributed by atoms with E-state index in [0.29, 0.717) is 48.5 Å². The molecule has 214 valence electrons. The molecule has 2 unspecified atom stereocenters. The van der Waals surface area contributed by atoms with Gasteiger partial charge in [0, 0.05) is 6.54 Å². The molecule has 12 heteroatoms. The minimum absolute atomic E-state index is 0.0218. The minimum atomic E-state index is -4.21. The van der Waals surface area contributed by atoms with Crippen LogP contribution >= 0.6 is 11.6 Å². The second-order valence-electron chi connectivity index (χ2n) is 10.3. The van der Waals surface area contributed by atoms with Gasteiger partial charge in [0.05, 0.1) is 6.42 Å². The number of piperazine rings is 1. The number of nitrogens with zero attached hydrogens (tertiary/aromatic N) is 2. The Hall–Kier alpha value is -1.87. The number of nitrogens with two attached hydrogens (primary N) is 1. The summed E-state index contributed by atoms with van der Waals surface area (Å²) in [5.74, 6) is -2.43. The Kier molecular flexibility index (Phi) is 11.1. The Morgan fingerprint density at radius 2 is 1.79 bits per heavy atom. The molecular formula is C27H33AsClF5N4O. The van der Waals surface area contributed by atoms with E-state index in [1.54, 1.807) is 23.1 Å². The van der Waals surface area contributed by atoms with E-state index < -0.39 is 36.2 Å². The van der Waals surface area contributed by atoms with E-state index in [2.05, 4.69) is 22.2 Å². The Morgan fingerprint density at radius 1 is 1.13 bits per heavy atom. The summed E-state index contributed by atoms with van der Waals surface area (Å²) < 4.78 is 66.9. The average molecular weight is 635 g/mol. The van der Waals surface area contributed by atoms with Crippen molar-refractivity contribution in [3.8, 4) is 0 Å². The number of amides is 1. The van der Waals surface area contributed by atoms with Crippen molar-refractivity contribution in [2.75, 3.05) is 42.9 Å². The van der Waals surface area contributed by atoms with Crippen LogP contribution in [0.1, 0.15) is 42.6 Å². The van der Waals surface area contributed by atoms with E-state index in [4.69, 9.17) is 17.3 Å². The van der Waals surface area contributed by atoms with Crippen LogP contribution in [0.3, 0.4) is 0 Å². The molecule has 0 aromatic heterocycles. The Labute approximate surface area is 239 Å². The molecule has 3 rings (SSSR count). The van der Waals surface area contributed by atoms with Crippen LogP contribution in [0.5, 0.6) is 0 Å². The number of hydrogen-bond acceptors (Lipinski definition) is 4. The van der Waals surface area contributed by atoms with E-state index in [0.717, 1.165) is 12.5 Å². The SMILES string of the molecule is CC(C)CC([As])C(N)Cc1c(C(=O)Nc2ccc(Cl)cc2N2CCN(CCC(F)(F)F)CC2)ccc(F)c1F. The van der Waals surface area contributed by atoms with Gasteiger partial charge in [-0.3, -0.25) is 4.90 Å². The van der Waals surface area contributed by atoms with Crippen molar-refractivity contribution < 1.29 is 26.7 Å². The predicted octanol–water partition coefficient (Wildman–Crippen LogP) is 5.82. The van der Waals surface area contributed by atoms with Gasteiger partial charge in [0.25, 0.3) is 0 Å². The fourth-order valence-corrected chi connectivity index (χ4v) is 5.87. The number of carbonyl (C=O) groups excluding carboxylic acids is 1. The van der Waals surface area contributed by atoms with Gasteiger partial charge in [-0.2, -0.15) is 13.2 Å². The van der Waals surface area contributed by atoms with Gasteiger partial charge >= 0.3 is 209 Å². The number of halogens is 6. The van der Waals surface area contributed by atoms with Gasteiger partial charge in [-0.1, -0.05) is 0 Å². The number of carbonyl (C=O) groups is 1. The first-order chi connectivity index (χ1) is 18.2. The van der Waals surface area contributed by atoms with Gasteiger partial charge in [0.15, 0.2) is 0 Å². The summed E-state index contributed by atoms with van der Waals surface area (Å²) in [4.78, 5) is 17.0. The molecule has 39 heavy (non-hydrogen) atoms. The summed E-state index contributed by atoms with van der Waals surface area (Å²) in [6.07, 6.45) is -4.33. The molecule has 0 bridgehead atoms. The van der Waals surface area contributed by atoms with Crippen LogP contribution < -0.4 is 16.0 Å². The number of benzene rings is 2. The van der Waals surface area contributed by atoms with Crippen LogP contribution in [-0.2, 0) is 6.42 Å². The van der Waals surface area contributed by atoms with Crippen molar-refractivity contribution in [3.63, 3.8) is 0 Å². The topological polar surface area (TPSA) is 61.6 Å². The van der Waals surface area contributed by atoms with Gasteiger partial charge in [-0.05, 0) is 0 Å². The predicted molar refractivity (Wildman–Crippen MR) is 146 cm³/mol. The van der Waals surface area contributed by atoms with Crippen LogP contribution in [0, 0.1) is 17.6 Å². The van der Waals surface area contributed by atoms with Crippen LogP contribution in [0.25, 0.3) is 0 Å². The number of nitrogens with one attached hydrogen (secondary N) is 1. The first kappa shape index (κ1) is 31.7. The molecular weight excluding hydrogens is 602 g/mol. The van der Waals surface area contributed by atoms with Crippen LogP contribution in [-0.4, -0.2) is 72.6 Å². The van der Waals surface area contributed by atoms with E-state index >= 15 is 0 Å². The summed E-state index contributed by atoms with van der Waals surface area (Å²) in [5.41, 5.74) is 7.19. The number of hydrogen-bond donors (Lipinski definition) is 2. The zero-order valence-corrected chi connectivity index (χ0v) is 24.5. The second-order valence-corrected chi connectivity index (χ2v) is 12.1. The summed E-state index contributed by atoms with van der Waals surface area (Å²) in [5, 5.41) is 3.21. The third-order valence-corrected chi connectivity index (χ3v) is 8.20. The van der Waals surface area contributed by atoms with E-state index in [1.165, 1.54) is 6.07 Å². The van der Waals surface area contributed by atoms with Crippen molar-refractivity contribution in [2.45, 2.75) is 50.0 Å². The quantitative estimate of drug-likeness (QED) is 0.256. The Morgan fingerprint density at radius 3 is 2.41 bits per heavy atom. The molecule has 0 saturated carbocycles. The molecule has 0 spiro atoms. The number of alkyl halides is 3. The second kappa shape index (κ2) is 13.7. The van der Waals surface area contributed by atoms with Crippen LogP contribution in [0.4, 0.5) is 33.3 Å². The van der Waals surface area contributed by atoms with Gasteiger partial charge in [-0.15, -0.1) is 0 Å². The van der Waals surface area contributed by atoms with Gasteiger partial charge < -0.3 is 0 Å². The first-order valence-electron chi connectivity index (χ1n) is 12.8. The molecule has 2 aromatic carbocycles. The molecule has 1 aliphatic rings. The molecule has 1 amide bonds. The van der Waals surface area contributed by atoms with Crippen molar-refractivity contribution in [1.82, 2.24) is 4.90 Å². The average Bonchev–Trinajstić information content (AvgIpc) is 2.86. The third-order valence-electron chi connectivity index (χ3n) is 6.72. The maximum absolute atomic E-state index is 14.9. The Bertz CT molecular complexity index is 1140. The van der Waals surface area contributed by atoms with Gasteiger partial charge in [0.1, 0.15) is 0 Å². The molecule has 3 N–H and O–H groups in total. The van der Waals surface area contributed by atoms with Crippen molar-refractivity contribution in [1.29, 1.82) is 0 Å². The zero-order valence-electron chi connectivity index (χ0n) is 21.9. The summed E-state index contributed by atoms with van der Waals surface area (Å²) >= 11 is 8.70. The summed E-state index contributed by atoms with van der Waals surface area (Å²) in [6.45, 7) is 5.69. The fourth-order valence-electron chi connectivity index (χ4n) is 4.59. The molecule has 2 atom stereocenters.